The van der Waals surface area contributed by atoms with E-state index in [2.05, 4.69) is 202 Å². The van der Waals surface area contributed by atoms with Crippen LogP contribution in [0.1, 0.15) is 116 Å². The molecule has 0 radical (unpaired) electrons. The van der Waals surface area contributed by atoms with Crippen LogP contribution < -0.4 is 0 Å². The molecule has 0 bridgehead atoms. The summed E-state index contributed by atoms with van der Waals surface area (Å²) in [5.74, 6) is 0. The fourth-order valence-electron chi connectivity index (χ4n) is 8.80. The van der Waals surface area contributed by atoms with Crippen molar-refractivity contribution < 1.29 is 0 Å². The molecule has 4 heteroatoms. The highest BCUT2D eigenvalue weighted by atomic mass is 14.6. The zero-order chi connectivity index (χ0) is 47.9. The van der Waals surface area contributed by atoms with Gasteiger partial charge in [0.2, 0.25) is 0 Å². The first kappa shape index (κ1) is 46.5. The van der Waals surface area contributed by atoms with Crippen molar-refractivity contribution in [2.45, 2.75) is 105 Å². The first-order valence-corrected chi connectivity index (χ1v) is 22.6. The molecule has 0 N–H and O–H groups in total. The molecule has 0 amide bonds. The number of hydrogen-bond acceptors (Lipinski definition) is 2. The van der Waals surface area contributed by atoms with Crippen LogP contribution in [-0.4, -0.2) is 0 Å². The Kier molecular flexibility index (Phi) is 12.3. The third-order valence-corrected chi connectivity index (χ3v) is 12.6. The lowest BCUT2D eigenvalue weighted by Crippen LogP contribution is -2.11. The van der Waals surface area contributed by atoms with Crippen LogP contribution in [0.3, 0.4) is 0 Å². The number of hydrogen-bond donors (Lipinski definition) is 0. The molecule has 326 valence electrons. The molecule has 7 aromatic carbocycles. The highest BCUT2D eigenvalue weighted by Crippen LogP contribution is 2.57. The van der Waals surface area contributed by atoms with Gasteiger partial charge in [0.1, 0.15) is 0 Å². The molecule has 0 saturated carbocycles. The lowest BCUT2D eigenvalue weighted by atomic mass is 9.73. The zero-order valence-corrected chi connectivity index (χ0v) is 40.5. The fraction of sp³-hybridized carbons (Fsp3) is 0.258. The molecule has 0 fully saturated rings. The van der Waals surface area contributed by atoms with E-state index in [1.54, 1.807) is 12.1 Å². The molecule has 66 heavy (non-hydrogen) atoms. The summed E-state index contributed by atoms with van der Waals surface area (Å²) in [7, 11) is 0. The van der Waals surface area contributed by atoms with E-state index in [0.29, 0.717) is 22.5 Å². The first-order valence-electron chi connectivity index (χ1n) is 22.6. The Morgan fingerprint density at radius 2 is 0.530 bits per heavy atom. The van der Waals surface area contributed by atoms with Gasteiger partial charge in [-0.3, -0.25) is 0 Å². The summed E-state index contributed by atoms with van der Waals surface area (Å²) in [6, 6.07) is 50.9. The third kappa shape index (κ3) is 9.34. The summed E-state index contributed by atoms with van der Waals surface area (Å²) < 4.78 is 0. The summed E-state index contributed by atoms with van der Waals surface area (Å²) in [5.41, 5.74) is 16.5. The Labute approximate surface area is 393 Å². The summed E-state index contributed by atoms with van der Waals surface area (Å²) in [4.78, 5) is 7.83. The van der Waals surface area contributed by atoms with Gasteiger partial charge in [-0.1, -0.05) is 180 Å². The Bertz CT molecular complexity index is 2720. The van der Waals surface area contributed by atoms with E-state index in [0.717, 1.165) is 66.8 Å². The van der Waals surface area contributed by atoms with E-state index in [9.17, 15) is 10.5 Å². The number of nitriles is 2. The van der Waals surface area contributed by atoms with Gasteiger partial charge in [-0.05, 0) is 147 Å². The Hall–Kier alpha value is -7.50. The molecule has 0 atom stereocenters. The standard InChI is InChI=1S/C62H58N4/c1-59(2,3)47-23-15-41(16-24-47)53-54(42-17-25-48(26-18-42)60(4,5)6)58(46-32-40(38-64)34-52(36-46)66-14)56(44-21-29-50(30-22-44)62(10,11)12)55(43-19-27-49(28-20-43)61(7,8)9)57(53)45-31-39(37-63)33-51(35-45)65-13/h15-36H,1-12H3. The lowest BCUT2D eigenvalue weighted by molar-refractivity contribution is 0.590. The third-order valence-electron chi connectivity index (χ3n) is 12.6. The van der Waals surface area contributed by atoms with Gasteiger partial charge in [-0.25, -0.2) is 9.69 Å². The van der Waals surface area contributed by atoms with Crippen LogP contribution in [0.5, 0.6) is 0 Å². The molecule has 0 aliphatic heterocycles. The number of benzene rings is 7. The minimum atomic E-state index is -0.110. The highest BCUT2D eigenvalue weighted by Gasteiger charge is 2.31. The predicted octanol–water partition coefficient (Wildman–Crippen LogP) is 17.7. The molecule has 0 heterocycles. The Morgan fingerprint density at radius 1 is 0.318 bits per heavy atom. The molecular weight excluding hydrogens is 801 g/mol. The van der Waals surface area contributed by atoms with Crippen molar-refractivity contribution in [3.63, 3.8) is 0 Å². The minimum Gasteiger partial charge on any atom is -0.238 e. The lowest BCUT2D eigenvalue weighted by Gasteiger charge is -2.30. The SMILES string of the molecule is [C-]#[N+]c1cc(C#N)cc(-c2c(-c3ccc(C(C)(C)C)cc3)c(-c3ccc(C(C)(C)C)cc3)c(-c3cc(C#N)cc([N+]#[C-])c3)c(-c3ccc(C(C)(C)C)cc3)c2-c2ccc(C(C)(C)C)cc2)c1. The van der Waals surface area contributed by atoms with Crippen LogP contribution in [0, 0.1) is 35.8 Å². The maximum Gasteiger partial charge on any atom is 0.189 e. The van der Waals surface area contributed by atoms with Crippen LogP contribution in [0.25, 0.3) is 76.5 Å². The van der Waals surface area contributed by atoms with E-state index in [4.69, 9.17) is 13.1 Å². The Morgan fingerprint density at radius 3 is 0.712 bits per heavy atom. The highest BCUT2D eigenvalue weighted by molar-refractivity contribution is 6.15. The molecular formula is C62H58N4. The average Bonchev–Trinajstić information content (AvgIpc) is 3.29. The quantitative estimate of drug-likeness (QED) is 0.156. The van der Waals surface area contributed by atoms with Gasteiger partial charge in [0, 0.05) is 11.1 Å². The fourth-order valence-corrected chi connectivity index (χ4v) is 8.80. The van der Waals surface area contributed by atoms with Crippen molar-refractivity contribution in [1.82, 2.24) is 0 Å². The van der Waals surface area contributed by atoms with Crippen LogP contribution in [0.2, 0.25) is 0 Å². The van der Waals surface area contributed by atoms with Gasteiger partial charge < -0.3 is 0 Å². The van der Waals surface area contributed by atoms with Crippen LogP contribution in [0.15, 0.2) is 133 Å². The second-order valence-electron chi connectivity index (χ2n) is 21.5. The van der Waals surface area contributed by atoms with E-state index in [1.807, 2.05) is 24.3 Å². The second kappa shape index (κ2) is 17.5. The topological polar surface area (TPSA) is 56.3 Å². The maximum absolute atomic E-state index is 10.6. The van der Waals surface area contributed by atoms with Crippen LogP contribution >= 0.6 is 0 Å². The molecule has 0 saturated heterocycles. The zero-order valence-electron chi connectivity index (χ0n) is 40.5. The van der Waals surface area contributed by atoms with Crippen molar-refractivity contribution in [1.29, 1.82) is 10.5 Å². The Balaban J connectivity index is 1.87. The maximum atomic E-state index is 10.6. The minimum absolute atomic E-state index is 0.110. The van der Waals surface area contributed by atoms with Gasteiger partial charge in [-0.15, -0.1) is 0 Å². The van der Waals surface area contributed by atoms with Crippen molar-refractivity contribution in [3.05, 3.63) is 190 Å². The second-order valence-corrected chi connectivity index (χ2v) is 21.5. The van der Waals surface area contributed by atoms with E-state index >= 15 is 0 Å². The molecule has 0 unspecified atom stereocenters. The largest absolute Gasteiger partial charge is 0.238 e. The van der Waals surface area contributed by atoms with Gasteiger partial charge in [-0.2, -0.15) is 10.5 Å². The normalized spacial score (nSPS) is 11.9. The van der Waals surface area contributed by atoms with Gasteiger partial charge in [0.05, 0.1) is 25.3 Å². The number of nitrogens with zero attached hydrogens (tertiary/aromatic N) is 4. The average molecular weight is 859 g/mol. The molecule has 0 spiro atoms. The van der Waals surface area contributed by atoms with E-state index in [1.165, 1.54) is 22.3 Å². The van der Waals surface area contributed by atoms with Crippen molar-refractivity contribution >= 4 is 11.4 Å². The van der Waals surface area contributed by atoms with Gasteiger partial charge in [0.25, 0.3) is 0 Å². The summed E-state index contributed by atoms with van der Waals surface area (Å²) in [6.45, 7) is 43.1. The summed E-state index contributed by atoms with van der Waals surface area (Å²) in [6.07, 6.45) is 0. The molecule has 0 aliphatic carbocycles. The molecule has 4 nitrogen and oxygen atoms in total. The van der Waals surface area contributed by atoms with Gasteiger partial charge >= 0.3 is 0 Å². The van der Waals surface area contributed by atoms with Gasteiger partial charge in [0.15, 0.2) is 11.4 Å². The van der Waals surface area contributed by atoms with Crippen LogP contribution in [0.4, 0.5) is 11.4 Å². The molecule has 7 rings (SSSR count). The molecule has 7 aromatic rings. The van der Waals surface area contributed by atoms with Crippen molar-refractivity contribution in [2.75, 3.05) is 0 Å². The number of rotatable bonds is 6. The molecule has 0 aliphatic rings. The van der Waals surface area contributed by atoms with Crippen LogP contribution in [-0.2, 0) is 21.7 Å². The van der Waals surface area contributed by atoms with Crippen molar-refractivity contribution in [2.24, 2.45) is 0 Å². The summed E-state index contributed by atoms with van der Waals surface area (Å²) in [5, 5.41) is 21.1. The smallest absolute Gasteiger partial charge is 0.189 e. The van der Waals surface area contributed by atoms with Crippen molar-refractivity contribution in [3.8, 4) is 78.9 Å². The monoisotopic (exact) mass is 858 g/mol. The molecule has 0 aromatic heterocycles. The first-order chi connectivity index (χ1) is 31.0. The van der Waals surface area contributed by atoms with E-state index < -0.39 is 0 Å². The predicted molar refractivity (Wildman–Crippen MR) is 276 cm³/mol. The summed E-state index contributed by atoms with van der Waals surface area (Å²) >= 11 is 0. The van der Waals surface area contributed by atoms with E-state index in [-0.39, 0.29) is 21.7 Å².